The molecule has 1 heterocycles. The summed E-state index contributed by atoms with van der Waals surface area (Å²) >= 11 is 0. The third-order valence-corrected chi connectivity index (χ3v) is 3.65. The number of hydrogen-bond acceptors (Lipinski definition) is 3. The summed E-state index contributed by atoms with van der Waals surface area (Å²) in [4.78, 5) is 4.81. The van der Waals surface area contributed by atoms with Crippen molar-refractivity contribution in [3.8, 4) is 11.8 Å². The summed E-state index contributed by atoms with van der Waals surface area (Å²) in [6.07, 6.45) is 0. The molecule has 0 bridgehead atoms. The molecule has 0 atom stereocenters. The molecule has 0 saturated carbocycles. The summed E-state index contributed by atoms with van der Waals surface area (Å²) < 4.78 is 13.6. The molecular weight excluding hydrogens is 255 g/mol. The van der Waals surface area contributed by atoms with Gasteiger partial charge in [-0.25, -0.2) is 4.39 Å². The second kappa shape index (κ2) is 7.39. The summed E-state index contributed by atoms with van der Waals surface area (Å²) in [6.45, 7) is 8.14. The van der Waals surface area contributed by atoms with Gasteiger partial charge >= 0.3 is 0 Å². The molecule has 2 rings (SSSR count). The van der Waals surface area contributed by atoms with Crippen LogP contribution in [0.25, 0.3) is 0 Å². The number of nitrogens with zero attached hydrogens (tertiary/aromatic N) is 2. The van der Waals surface area contributed by atoms with Gasteiger partial charge in [-0.3, -0.25) is 4.90 Å². The van der Waals surface area contributed by atoms with Crippen LogP contribution in [0.15, 0.2) is 18.2 Å². The molecule has 20 heavy (non-hydrogen) atoms. The standard InChI is InChI=1S/C16H21FN2O/c1-2-18-7-9-19(10-8-18)13-14-5-6-16(17)15(12-14)4-3-11-20/h5-6,12,20H,2,7-11,13H2,1H3. The highest BCUT2D eigenvalue weighted by Gasteiger charge is 2.15. The van der Waals surface area contributed by atoms with Gasteiger partial charge in [0.15, 0.2) is 0 Å². The van der Waals surface area contributed by atoms with E-state index in [1.54, 1.807) is 6.07 Å². The van der Waals surface area contributed by atoms with Crippen molar-refractivity contribution in [2.45, 2.75) is 13.5 Å². The Bertz CT molecular complexity index is 499. The number of benzene rings is 1. The van der Waals surface area contributed by atoms with Crippen LogP contribution in [-0.2, 0) is 6.54 Å². The van der Waals surface area contributed by atoms with Crippen molar-refractivity contribution in [2.24, 2.45) is 0 Å². The Balaban J connectivity index is 1.99. The van der Waals surface area contributed by atoms with E-state index in [9.17, 15) is 4.39 Å². The topological polar surface area (TPSA) is 26.7 Å². The Morgan fingerprint density at radius 3 is 2.55 bits per heavy atom. The average molecular weight is 276 g/mol. The van der Waals surface area contributed by atoms with Crippen molar-refractivity contribution >= 4 is 0 Å². The number of aliphatic hydroxyl groups is 1. The van der Waals surface area contributed by atoms with Crippen LogP contribution < -0.4 is 0 Å². The summed E-state index contributed by atoms with van der Waals surface area (Å²) in [5, 5.41) is 8.69. The largest absolute Gasteiger partial charge is 0.384 e. The number of likely N-dealkylation sites (N-methyl/N-ethyl adjacent to an activating group) is 1. The van der Waals surface area contributed by atoms with Crippen LogP contribution in [0.4, 0.5) is 4.39 Å². The highest BCUT2D eigenvalue weighted by Crippen LogP contribution is 2.13. The number of piperazine rings is 1. The van der Waals surface area contributed by atoms with Crippen LogP contribution >= 0.6 is 0 Å². The molecule has 0 aromatic heterocycles. The zero-order chi connectivity index (χ0) is 14.4. The molecule has 0 radical (unpaired) electrons. The van der Waals surface area contributed by atoms with E-state index in [2.05, 4.69) is 28.6 Å². The average Bonchev–Trinajstić information content (AvgIpc) is 2.48. The fourth-order valence-corrected chi connectivity index (χ4v) is 2.42. The lowest BCUT2D eigenvalue weighted by atomic mass is 10.1. The molecule has 1 fully saturated rings. The van der Waals surface area contributed by atoms with E-state index in [1.807, 2.05) is 6.07 Å². The fourth-order valence-electron chi connectivity index (χ4n) is 2.42. The van der Waals surface area contributed by atoms with Crippen LogP contribution in [-0.4, -0.2) is 54.2 Å². The molecule has 1 aromatic carbocycles. The highest BCUT2D eigenvalue weighted by atomic mass is 19.1. The predicted molar refractivity (Wildman–Crippen MR) is 77.8 cm³/mol. The molecule has 3 nitrogen and oxygen atoms in total. The van der Waals surface area contributed by atoms with Crippen molar-refractivity contribution in [3.63, 3.8) is 0 Å². The monoisotopic (exact) mass is 276 g/mol. The second-order valence-corrected chi connectivity index (χ2v) is 4.98. The molecule has 1 N–H and O–H groups in total. The van der Waals surface area contributed by atoms with Gasteiger partial charge in [0.05, 0.1) is 5.56 Å². The van der Waals surface area contributed by atoms with Gasteiger partial charge in [0.25, 0.3) is 0 Å². The second-order valence-electron chi connectivity index (χ2n) is 4.98. The van der Waals surface area contributed by atoms with Crippen molar-refractivity contribution in [1.82, 2.24) is 9.80 Å². The van der Waals surface area contributed by atoms with Gasteiger partial charge in [-0.2, -0.15) is 0 Å². The molecule has 1 aromatic rings. The molecule has 1 aliphatic rings. The third kappa shape index (κ3) is 4.04. The van der Waals surface area contributed by atoms with E-state index in [0.29, 0.717) is 5.56 Å². The molecule has 1 saturated heterocycles. The third-order valence-electron chi connectivity index (χ3n) is 3.65. The van der Waals surface area contributed by atoms with Gasteiger partial charge in [-0.05, 0) is 24.2 Å². The smallest absolute Gasteiger partial charge is 0.138 e. The molecule has 4 heteroatoms. The zero-order valence-corrected chi connectivity index (χ0v) is 11.9. The van der Waals surface area contributed by atoms with Gasteiger partial charge in [0.1, 0.15) is 12.4 Å². The maximum absolute atomic E-state index is 13.6. The minimum absolute atomic E-state index is 0.247. The van der Waals surface area contributed by atoms with Crippen molar-refractivity contribution in [1.29, 1.82) is 0 Å². The first-order chi connectivity index (χ1) is 9.72. The van der Waals surface area contributed by atoms with Crippen molar-refractivity contribution < 1.29 is 9.50 Å². The quantitative estimate of drug-likeness (QED) is 0.843. The van der Waals surface area contributed by atoms with Crippen LogP contribution in [0.1, 0.15) is 18.1 Å². The van der Waals surface area contributed by atoms with E-state index >= 15 is 0 Å². The van der Waals surface area contributed by atoms with Gasteiger partial charge in [0, 0.05) is 32.7 Å². The van der Waals surface area contributed by atoms with Gasteiger partial charge in [0.2, 0.25) is 0 Å². The van der Waals surface area contributed by atoms with Crippen molar-refractivity contribution in [2.75, 3.05) is 39.3 Å². The Kier molecular flexibility index (Phi) is 5.54. The zero-order valence-electron chi connectivity index (χ0n) is 11.9. The first-order valence-corrected chi connectivity index (χ1v) is 7.05. The number of halogens is 1. The highest BCUT2D eigenvalue weighted by molar-refractivity contribution is 5.38. The predicted octanol–water partition coefficient (Wildman–Crippen LogP) is 1.31. The van der Waals surface area contributed by atoms with Crippen molar-refractivity contribution in [3.05, 3.63) is 35.1 Å². The lowest BCUT2D eigenvalue weighted by Crippen LogP contribution is -2.45. The first-order valence-electron chi connectivity index (χ1n) is 7.05. The summed E-state index contributed by atoms with van der Waals surface area (Å²) in [5.74, 6) is 4.82. The summed E-state index contributed by atoms with van der Waals surface area (Å²) in [6, 6.07) is 5.05. The SMILES string of the molecule is CCN1CCN(Cc2ccc(F)c(C#CCO)c2)CC1. The Hall–Kier alpha value is -1.41. The van der Waals surface area contributed by atoms with Gasteiger partial charge in [-0.1, -0.05) is 24.8 Å². The molecule has 0 aliphatic carbocycles. The maximum atomic E-state index is 13.6. The molecule has 108 valence electrons. The van der Waals surface area contributed by atoms with Crippen LogP contribution in [0.3, 0.4) is 0 Å². The van der Waals surface area contributed by atoms with E-state index < -0.39 is 0 Å². The molecule has 0 spiro atoms. The Labute approximate surface area is 120 Å². The number of hydrogen-bond donors (Lipinski definition) is 1. The first kappa shape index (κ1) is 15.0. The van der Waals surface area contributed by atoms with E-state index in [-0.39, 0.29) is 12.4 Å². The summed E-state index contributed by atoms with van der Waals surface area (Å²) in [5.41, 5.74) is 1.43. The molecule has 0 unspecified atom stereocenters. The number of rotatable bonds is 3. The van der Waals surface area contributed by atoms with Gasteiger partial charge < -0.3 is 10.0 Å². The lowest BCUT2D eigenvalue weighted by molar-refractivity contribution is 0.132. The van der Waals surface area contributed by atoms with Crippen LogP contribution in [0.2, 0.25) is 0 Å². The Morgan fingerprint density at radius 2 is 1.90 bits per heavy atom. The molecule has 0 amide bonds. The Morgan fingerprint density at radius 1 is 1.20 bits per heavy atom. The molecule has 1 aliphatic heterocycles. The van der Waals surface area contributed by atoms with Crippen LogP contribution in [0, 0.1) is 17.7 Å². The minimum Gasteiger partial charge on any atom is -0.384 e. The van der Waals surface area contributed by atoms with Gasteiger partial charge in [-0.15, -0.1) is 0 Å². The summed E-state index contributed by atoms with van der Waals surface area (Å²) in [7, 11) is 0. The van der Waals surface area contributed by atoms with E-state index in [4.69, 9.17) is 5.11 Å². The lowest BCUT2D eigenvalue weighted by Gasteiger charge is -2.34. The fraction of sp³-hybridized carbons (Fsp3) is 0.500. The maximum Gasteiger partial charge on any atom is 0.138 e. The van der Waals surface area contributed by atoms with Crippen LogP contribution in [0.5, 0.6) is 0 Å². The molecular formula is C16H21FN2O. The van der Waals surface area contributed by atoms with E-state index in [0.717, 1.165) is 44.8 Å². The minimum atomic E-state index is -0.328. The number of aliphatic hydroxyl groups excluding tert-OH is 1. The van der Waals surface area contributed by atoms with E-state index in [1.165, 1.54) is 6.07 Å². The normalized spacial score (nSPS) is 16.8.